The number of nitrogens with zero attached hydrogens (tertiary/aromatic N) is 1. The minimum atomic E-state index is -0.285. The Morgan fingerprint density at radius 2 is 2.40 bits per heavy atom. The number of thiazole rings is 1. The van der Waals surface area contributed by atoms with E-state index < -0.39 is 0 Å². The Labute approximate surface area is 91.4 Å². The van der Waals surface area contributed by atoms with Crippen molar-refractivity contribution in [3.8, 4) is 0 Å². The zero-order valence-electron chi connectivity index (χ0n) is 8.69. The molecule has 6 heteroatoms. The average molecular weight is 230 g/mol. The van der Waals surface area contributed by atoms with E-state index in [1.54, 1.807) is 19.2 Å². The van der Waals surface area contributed by atoms with Crippen molar-refractivity contribution in [2.24, 2.45) is 0 Å². The molecule has 0 bridgehead atoms. The number of aryl methyl sites for hydroxylation is 1. The first-order valence-corrected chi connectivity index (χ1v) is 5.47. The molecule has 0 aliphatic carbocycles. The summed E-state index contributed by atoms with van der Waals surface area (Å²) in [7, 11) is 0. The molecular formula is C9H14N2O3S. The van der Waals surface area contributed by atoms with Crippen molar-refractivity contribution in [2.75, 3.05) is 6.61 Å². The lowest BCUT2D eigenvalue weighted by atomic mass is 10.3. The lowest BCUT2D eigenvalue weighted by molar-refractivity contribution is -0.122. The van der Waals surface area contributed by atoms with Crippen LogP contribution in [0.15, 0.2) is 10.2 Å². The predicted molar refractivity (Wildman–Crippen MR) is 58.0 cm³/mol. The molecule has 0 aliphatic heterocycles. The summed E-state index contributed by atoms with van der Waals surface area (Å²) in [6.07, 6.45) is 0. The van der Waals surface area contributed by atoms with Crippen LogP contribution in [0.2, 0.25) is 0 Å². The quantitative estimate of drug-likeness (QED) is 0.747. The summed E-state index contributed by atoms with van der Waals surface area (Å²) in [5.74, 6) is -0.264. The van der Waals surface area contributed by atoms with Crippen LogP contribution in [0, 0.1) is 6.92 Å². The third-order valence-electron chi connectivity index (χ3n) is 1.96. The first-order chi connectivity index (χ1) is 7.04. The van der Waals surface area contributed by atoms with Gasteiger partial charge in [0.1, 0.15) is 6.54 Å². The molecule has 1 atom stereocenters. The molecule has 0 saturated carbocycles. The molecule has 1 amide bonds. The van der Waals surface area contributed by atoms with E-state index in [0.29, 0.717) is 0 Å². The predicted octanol–water partition coefficient (Wildman–Crippen LogP) is -0.285. The maximum atomic E-state index is 11.4. The van der Waals surface area contributed by atoms with E-state index in [1.807, 2.05) is 0 Å². The van der Waals surface area contributed by atoms with Gasteiger partial charge in [0.25, 0.3) is 0 Å². The Morgan fingerprint density at radius 3 is 2.87 bits per heavy atom. The van der Waals surface area contributed by atoms with Crippen LogP contribution < -0.4 is 10.2 Å². The number of rotatable bonds is 4. The van der Waals surface area contributed by atoms with Crippen molar-refractivity contribution in [3.05, 3.63) is 20.7 Å². The van der Waals surface area contributed by atoms with Gasteiger partial charge in [0.05, 0.1) is 6.61 Å². The highest BCUT2D eigenvalue weighted by atomic mass is 32.1. The number of hydrogen-bond acceptors (Lipinski definition) is 4. The van der Waals surface area contributed by atoms with E-state index in [1.165, 1.54) is 4.57 Å². The minimum absolute atomic E-state index is 0.0124. The summed E-state index contributed by atoms with van der Waals surface area (Å²) in [6.45, 7) is 3.38. The monoisotopic (exact) mass is 230 g/mol. The van der Waals surface area contributed by atoms with Gasteiger partial charge in [-0.15, -0.1) is 0 Å². The zero-order valence-corrected chi connectivity index (χ0v) is 9.50. The highest BCUT2D eigenvalue weighted by Crippen LogP contribution is 1.98. The number of amides is 1. The van der Waals surface area contributed by atoms with Crippen LogP contribution in [-0.4, -0.2) is 28.2 Å². The minimum Gasteiger partial charge on any atom is -0.394 e. The molecule has 0 aliphatic rings. The van der Waals surface area contributed by atoms with Gasteiger partial charge in [0, 0.05) is 17.1 Å². The van der Waals surface area contributed by atoms with Crippen LogP contribution in [0.25, 0.3) is 0 Å². The molecule has 15 heavy (non-hydrogen) atoms. The summed E-state index contributed by atoms with van der Waals surface area (Å²) in [4.78, 5) is 22.6. The average Bonchev–Trinajstić information content (AvgIpc) is 2.49. The van der Waals surface area contributed by atoms with Crippen molar-refractivity contribution < 1.29 is 9.90 Å². The molecule has 1 heterocycles. The fourth-order valence-corrected chi connectivity index (χ4v) is 1.84. The van der Waals surface area contributed by atoms with Crippen molar-refractivity contribution >= 4 is 17.2 Å². The number of nitrogens with one attached hydrogen (secondary N) is 1. The van der Waals surface area contributed by atoms with Crippen LogP contribution in [0.5, 0.6) is 0 Å². The summed E-state index contributed by atoms with van der Waals surface area (Å²) >= 11 is 1.08. The van der Waals surface area contributed by atoms with Crippen molar-refractivity contribution in [3.63, 3.8) is 0 Å². The molecule has 0 fully saturated rings. The van der Waals surface area contributed by atoms with E-state index in [0.717, 1.165) is 17.0 Å². The van der Waals surface area contributed by atoms with Gasteiger partial charge in [-0.1, -0.05) is 11.3 Å². The first-order valence-electron chi connectivity index (χ1n) is 4.59. The second kappa shape index (κ2) is 5.09. The van der Waals surface area contributed by atoms with Gasteiger partial charge in [-0.3, -0.25) is 14.2 Å². The Kier molecular flexibility index (Phi) is 4.05. The van der Waals surface area contributed by atoms with Crippen LogP contribution in [-0.2, 0) is 11.3 Å². The number of carbonyl (C=O) groups excluding carboxylic acids is 1. The number of hydrogen-bond donors (Lipinski definition) is 2. The molecule has 1 rings (SSSR count). The Hall–Kier alpha value is -1.14. The van der Waals surface area contributed by atoms with Crippen LogP contribution in [0.1, 0.15) is 12.6 Å². The van der Waals surface area contributed by atoms with Crippen LogP contribution >= 0.6 is 11.3 Å². The molecule has 1 aromatic rings. The van der Waals surface area contributed by atoms with Gasteiger partial charge in [-0.25, -0.2) is 0 Å². The fourth-order valence-electron chi connectivity index (χ4n) is 1.11. The lowest BCUT2D eigenvalue weighted by Gasteiger charge is -2.11. The van der Waals surface area contributed by atoms with Gasteiger partial charge in [0.2, 0.25) is 5.91 Å². The molecule has 0 spiro atoms. The Balaban J connectivity index is 2.63. The number of aliphatic hydroxyl groups excluding tert-OH is 1. The summed E-state index contributed by atoms with van der Waals surface area (Å²) in [5.41, 5.74) is 0.775. The summed E-state index contributed by atoms with van der Waals surface area (Å²) in [6, 6.07) is -0.285. The van der Waals surface area contributed by atoms with E-state index >= 15 is 0 Å². The van der Waals surface area contributed by atoms with E-state index in [9.17, 15) is 9.59 Å². The highest BCUT2D eigenvalue weighted by Gasteiger charge is 2.10. The van der Waals surface area contributed by atoms with Crippen molar-refractivity contribution in [2.45, 2.75) is 26.4 Å². The molecule has 0 unspecified atom stereocenters. The van der Waals surface area contributed by atoms with Gasteiger partial charge >= 0.3 is 4.87 Å². The van der Waals surface area contributed by atoms with E-state index in [2.05, 4.69) is 5.32 Å². The van der Waals surface area contributed by atoms with E-state index in [4.69, 9.17) is 5.11 Å². The van der Waals surface area contributed by atoms with Crippen LogP contribution in [0.3, 0.4) is 0 Å². The Bertz CT molecular complexity index is 396. The topological polar surface area (TPSA) is 71.3 Å². The van der Waals surface area contributed by atoms with Gasteiger partial charge in [0.15, 0.2) is 0 Å². The smallest absolute Gasteiger partial charge is 0.307 e. The largest absolute Gasteiger partial charge is 0.394 e. The van der Waals surface area contributed by atoms with Crippen molar-refractivity contribution in [1.29, 1.82) is 0 Å². The summed E-state index contributed by atoms with van der Waals surface area (Å²) in [5, 5.41) is 13.0. The van der Waals surface area contributed by atoms with Crippen LogP contribution in [0.4, 0.5) is 0 Å². The maximum Gasteiger partial charge on any atom is 0.307 e. The second-order valence-electron chi connectivity index (χ2n) is 3.38. The molecular weight excluding hydrogens is 216 g/mol. The second-order valence-corrected chi connectivity index (χ2v) is 4.20. The van der Waals surface area contributed by atoms with E-state index in [-0.39, 0.29) is 30.0 Å². The van der Waals surface area contributed by atoms with Crippen molar-refractivity contribution in [1.82, 2.24) is 9.88 Å². The highest BCUT2D eigenvalue weighted by molar-refractivity contribution is 7.07. The molecule has 0 saturated heterocycles. The fraction of sp³-hybridized carbons (Fsp3) is 0.556. The number of carbonyl (C=O) groups is 1. The summed E-state index contributed by atoms with van der Waals surface area (Å²) < 4.78 is 1.41. The Morgan fingerprint density at radius 1 is 1.73 bits per heavy atom. The molecule has 0 aromatic carbocycles. The number of aromatic nitrogens is 1. The van der Waals surface area contributed by atoms with Gasteiger partial charge in [-0.2, -0.15) is 0 Å². The molecule has 84 valence electrons. The molecule has 0 radical (unpaired) electrons. The molecule has 1 aromatic heterocycles. The SMILES string of the molecule is Cc1csc(=O)n1CC(=O)N[C@H](C)CO. The molecule has 5 nitrogen and oxygen atoms in total. The van der Waals surface area contributed by atoms with Gasteiger partial charge < -0.3 is 10.4 Å². The third-order valence-corrected chi connectivity index (χ3v) is 2.84. The normalized spacial score (nSPS) is 12.5. The molecule has 2 N–H and O–H groups in total. The lowest BCUT2D eigenvalue weighted by Crippen LogP contribution is -2.38. The third kappa shape index (κ3) is 3.17. The standard InChI is InChI=1S/C9H14N2O3S/c1-6(4-12)10-8(13)3-11-7(2)5-15-9(11)14/h5-6,12H,3-4H2,1-2H3,(H,10,13)/t6-/m1/s1. The zero-order chi connectivity index (χ0) is 11.4. The maximum absolute atomic E-state index is 11.4. The first kappa shape index (κ1) is 11.9. The number of aliphatic hydroxyl groups is 1. The van der Waals surface area contributed by atoms with Gasteiger partial charge in [-0.05, 0) is 13.8 Å².